The largest absolute Gasteiger partial charge is 0.356 e. The summed E-state index contributed by atoms with van der Waals surface area (Å²) in [7, 11) is 0. The molecular weight excluding hydrogens is 220 g/mol. The normalized spacial score (nSPS) is 10.5. The van der Waals surface area contributed by atoms with E-state index in [-0.39, 0.29) is 12.2 Å². The summed E-state index contributed by atoms with van der Waals surface area (Å²) in [5.41, 5.74) is 0. The van der Waals surface area contributed by atoms with Crippen molar-refractivity contribution in [3.8, 4) is 0 Å². The first-order valence-corrected chi connectivity index (χ1v) is 6.16. The molecule has 0 bridgehead atoms. The van der Waals surface area contributed by atoms with Crippen molar-refractivity contribution in [1.29, 1.82) is 0 Å². The van der Waals surface area contributed by atoms with Crippen LogP contribution in [0.25, 0.3) is 0 Å². The van der Waals surface area contributed by atoms with Gasteiger partial charge < -0.3 is 19.8 Å². The number of aliphatic imine (C=N–C) groups is 1. The van der Waals surface area contributed by atoms with E-state index in [0.717, 1.165) is 6.42 Å². The van der Waals surface area contributed by atoms with Crippen molar-refractivity contribution >= 4 is 12.6 Å². The Morgan fingerprint density at radius 3 is 2.53 bits per heavy atom. The Morgan fingerprint density at radius 2 is 2.00 bits per heavy atom. The number of hydrogen-bond donors (Lipinski definition) is 1. The van der Waals surface area contributed by atoms with Crippen molar-refractivity contribution < 1.29 is 14.3 Å². The summed E-state index contributed by atoms with van der Waals surface area (Å²) in [4.78, 5) is 15.1. The first kappa shape index (κ1) is 16.1. The van der Waals surface area contributed by atoms with Gasteiger partial charge in [0.15, 0.2) is 6.29 Å². The Balaban J connectivity index is 3.57. The maximum atomic E-state index is 11.4. The van der Waals surface area contributed by atoms with Gasteiger partial charge in [-0.1, -0.05) is 0 Å². The fourth-order valence-electron chi connectivity index (χ4n) is 1.36. The molecule has 0 radical (unpaired) electrons. The minimum Gasteiger partial charge on any atom is -0.356 e. The standard InChI is InChI=1S/C12H24N2O3/c1-4-16-12(17-5-2)8-10-14-11(15)7-6-9-13-3/h12H,3-10H2,1-2H3,(H,14,15). The molecule has 0 fully saturated rings. The molecule has 1 amide bonds. The van der Waals surface area contributed by atoms with Crippen LogP contribution >= 0.6 is 0 Å². The van der Waals surface area contributed by atoms with Gasteiger partial charge in [-0.15, -0.1) is 0 Å². The SMILES string of the molecule is C=NCCCC(=O)NCCC(OCC)OCC. The zero-order chi connectivity index (χ0) is 12.9. The lowest BCUT2D eigenvalue weighted by molar-refractivity contribution is -0.139. The molecule has 0 saturated carbocycles. The Bertz CT molecular complexity index is 204. The van der Waals surface area contributed by atoms with Gasteiger partial charge in [-0.3, -0.25) is 4.79 Å². The van der Waals surface area contributed by atoms with Crippen molar-refractivity contribution in [3.63, 3.8) is 0 Å². The molecule has 1 N–H and O–H groups in total. The average molecular weight is 244 g/mol. The highest BCUT2D eigenvalue weighted by molar-refractivity contribution is 5.75. The molecular formula is C12H24N2O3. The van der Waals surface area contributed by atoms with Crippen LogP contribution in [-0.2, 0) is 14.3 Å². The number of rotatable bonds is 11. The van der Waals surface area contributed by atoms with Crippen LogP contribution in [0.3, 0.4) is 0 Å². The highest BCUT2D eigenvalue weighted by Gasteiger charge is 2.08. The minimum atomic E-state index is -0.222. The number of carbonyl (C=O) groups excluding carboxylic acids is 1. The van der Waals surface area contributed by atoms with Crippen LogP contribution in [0.15, 0.2) is 4.99 Å². The predicted octanol–water partition coefficient (Wildman–Crippen LogP) is 1.37. The lowest BCUT2D eigenvalue weighted by Gasteiger charge is -2.16. The van der Waals surface area contributed by atoms with Crippen molar-refractivity contribution in [1.82, 2.24) is 5.32 Å². The summed E-state index contributed by atoms with van der Waals surface area (Å²) in [5, 5.41) is 2.83. The van der Waals surface area contributed by atoms with Crippen molar-refractivity contribution in [2.24, 2.45) is 4.99 Å². The van der Waals surface area contributed by atoms with E-state index in [1.54, 1.807) is 0 Å². The van der Waals surface area contributed by atoms with E-state index in [9.17, 15) is 4.79 Å². The minimum absolute atomic E-state index is 0.0420. The molecule has 0 aromatic heterocycles. The van der Waals surface area contributed by atoms with E-state index in [1.807, 2.05) is 13.8 Å². The zero-order valence-corrected chi connectivity index (χ0v) is 10.9. The van der Waals surface area contributed by atoms with Crippen molar-refractivity contribution in [2.75, 3.05) is 26.3 Å². The first-order chi connectivity index (χ1) is 8.24. The molecule has 0 saturated heterocycles. The molecule has 0 heterocycles. The van der Waals surface area contributed by atoms with Crippen LogP contribution in [0.1, 0.15) is 33.1 Å². The maximum Gasteiger partial charge on any atom is 0.220 e. The number of amides is 1. The van der Waals surface area contributed by atoms with E-state index in [0.29, 0.717) is 39.1 Å². The zero-order valence-electron chi connectivity index (χ0n) is 10.9. The van der Waals surface area contributed by atoms with Gasteiger partial charge in [0.25, 0.3) is 0 Å². The number of ether oxygens (including phenoxy) is 2. The third kappa shape index (κ3) is 9.96. The maximum absolute atomic E-state index is 11.4. The van der Waals surface area contributed by atoms with Gasteiger partial charge >= 0.3 is 0 Å². The van der Waals surface area contributed by atoms with Crippen LogP contribution in [0.5, 0.6) is 0 Å². The topological polar surface area (TPSA) is 59.9 Å². The second-order valence-electron chi connectivity index (χ2n) is 3.53. The lowest BCUT2D eigenvalue weighted by atomic mass is 10.3. The van der Waals surface area contributed by atoms with E-state index >= 15 is 0 Å². The Morgan fingerprint density at radius 1 is 1.35 bits per heavy atom. The van der Waals surface area contributed by atoms with Crippen LogP contribution in [0, 0.1) is 0 Å². The molecule has 0 aliphatic carbocycles. The number of nitrogens with one attached hydrogen (secondary N) is 1. The first-order valence-electron chi connectivity index (χ1n) is 6.16. The highest BCUT2D eigenvalue weighted by Crippen LogP contribution is 2.00. The lowest BCUT2D eigenvalue weighted by Crippen LogP contribution is -2.29. The molecule has 5 nitrogen and oxygen atoms in total. The second-order valence-corrected chi connectivity index (χ2v) is 3.53. The molecule has 0 unspecified atom stereocenters. The van der Waals surface area contributed by atoms with Crippen LogP contribution in [0.4, 0.5) is 0 Å². The van der Waals surface area contributed by atoms with Crippen molar-refractivity contribution in [2.45, 2.75) is 39.4 Å². The Hall–Kier alpha value is -0.940. The molecule has 17 heavy (non-hydrogen) atoms. The summed E-state index contributed by atoms with van der Waals surface area (Å²) in [6.07, 6.45) is 1.69. The van der Waals surface area contributed by atoms with Crippen molar-refractivity contribution in [3.05, 3.63) is 0 Å². The van der Waals surface area contributed by atoms with Gasteiger partial charge in [0.2, 0.25) is 5.91 Å². The smallest absolute Gasteiger partial charge is 0.220 e. The van der Waals surface area contributed by atoms with Gasteiger partial charge in [0, 0.05) is 39.1 Å². The predicted molar refractivity (Wildman–Crippen MR) is 68.3 cm³/mol. The number of hydrogen-bond acceptors (Lipinski definition) is 4. The molecule has 0 rings (SSSR count). The van der Waals surface area contributed by atoms with Gasteiger partial charge in [-0.05, 0) is 27.0 Å². The van der Waals surface area contributed by atoms with Gasteiger partial charge in [-0.25, -0.2) is 0 Å². The third-order valence-electron chi connectivity index (χ3n) is 2.13. The summed E-state index contributed by atoms with van der Waals surface area (Å²) in [5.74, 6) is 0.0420. The van der Waals surface area contributed by atoms with Gasteiger partial charge in [-0.2, -0.15) is 0 Å². The number of carbonyl (C=O) groups is 1. The number of nitrogens with zero attached hydrogens (tertiary/aromatic N) is 1. The quantitative estimate of drug-likeness (QED) is 0.339. The fourth-order valence-corrected chi connectivity index (χ4v) is 1.36. The van der Waals surface area contributed by atoms with Crippen LogP contribution in [0.2, 0.25) is 0 Å². The van der Waals surface area contributed by atoms with Crippen LogP contribution in [-0.4, -0.2) is 45.2 Å². The summed E-state index contributed by atoms with van der Waals surface area (Å²) >= 11 is 0. The summed E-state index contributed by atoms with van der Waals surface area (Å²) in [6.45, 7) is 9.65. The summed E-state index contributed by atoms with van der Waals surface area (Å²) < 4.78 is 10.7. The molecule has 0 aromatic rings. The fraction of sp³-hybridized carbons (Fsp3) is 0.833. The van der Waals surface area contributed by atoms with Crippen LogP contribution < -0.4 is 5.32 Å². The summed E-state index contributed by atoms with van der Waals surface area (Å²) in [6, 6.07) is 0. The van der Waals surface area contributed by atoms with E-state index in [2.05, 4.69) is 17.0 Å². The van der Waals surface area contributed by atoms with E-state index in [1.165, 1.54) is 0 Å². The second kappa shape index (κ2) is 11.5. The molecule has 0 atom stereocenters. The monoisotopic (exact) mass is 244 g/mol. The molecule has 0 aromatic carbocycles. The molecule has 0 aliphatic heterocycles. The molecule has 5 heteroatoms. The Labute approximate surface area is 104 Å². The van der Waals surface area contributed by atoms with Gasteiger partial charge in [0.1, 0.15) is 0 Å². The Kier molecular flexibility index (Phi) is 10.9. The van der Waals surface area contributed by atoms with E-state index in [4.69, 9.17) is 9.47 Å². The molecule has 0 aliphatic rings. The van der Waals surface area contributed by atoms with E-state index < -0.39 is 0 Å². The third-order valence-corrected chi connectivity index (χ3v) is 2.13. The van der Waals surface area contributed by atoms with Gasteiger partial charge in [0.05, 0.1) is 0 Å². The molecule has 100 valence electrons. The molecule has 0 spiro atoms. The average Bonchev–Trinajstić information content (AvgIpc) is 2.30. The highest BCUT2D eigenvalue weighted by atomic mass is 16.7.